The number of aromatic nitrogens is 2. The standard InChI is InChI=1S/C12H14ClN3O4S/c1-20-7-12(17)5-16(6-12)21(18,19)9-4-14-11-8(9)2-3-10(13)15-11/h2-4,17H,5-7H2,1H3,(H,14,15). The molecule has 0 amide bonds. The number of H-pyrrole nitrogens is 1. The molecule has 1 aliphatic heterocycles. The van der Waals surface area contributed by atoms with Crippen LogP contribution in [0.25, 0.3) is 11.0 Å². The number of hydrogen-bond donors (Lipinski definition) is 2. The number of aromatic amines is 1. The van der Waals surface area contributed by atoms with E-state index in [1.807, 2.05) is 0 Å². The number of β-amino-alcohol motifs (C(OH)–C–C–N with tert-alkyl or cyclic N) is 1. The summed E-state index contributed by atoms with van der Waals surface area (Å²) in [7, 11) is -2.22. The van der Waals surface area contributed by atoms with Gasteiger partial charge in [-0.05, 0) is 12.1 Å². The van der Waals surface area contributed by atoms with Crippen LogP contribution in [-0.4, -0.2) is 60.2 Å². The van der Waals surface area contributed by atoms with Crippen LogP contribution >= 0.6 is 11.6 Å². The van der Waals surface area contributed by atoms with Crippen LogP contribution in [0.15, 0.2) is 23.2 Å². The molecule has 9 heteroatoms. The molecule has 2 aromatic heterocycles. The van der Waals surface area contributed by atoms with Gasteiger partial charge in [0.2, 0.25) is 10.0 Å². The number of fused-ring (bicyclic) bond motifs is 1. The highest BCUT2D eigenvalue weighted by molar-refractivity contribution is 7.89. The average molecular weight is 332 g/mol. The summed E-state index contributed by atoms with van der Waals surface area (Å²) in [6.07, 6.45) is 1.39. The highest BCUT2D eigenvalue weighted by Crippen LogP contribution is 2.31. The molecule has 0 spiro atoms. The molecule has 3 heterocycles. The molecule has 0 bridgehead atoms. The minimum atomic E-state index is -3.68. The van der Waals surface area contributed by atoms with Gasteiger partial charge in [0.15, 0.2) is 0 Å². The lowest BCUT2D eigenvalue weighted by Gasteiger charge is -2.44. The van der Waals surface area contributed by atoms with E-state index in [4.69, 9.17) is 16.3 Å². The first-order chi connectivity index (χ1) is 9.86. The van der Waals surface area contributed by atoms with Gasteiger partial charge in [0.25, 0.3) is 0 Å². The Morgan fingerprint density at radius 3 is 2.90 bits per heavy atom. The highest BCUT2D eigenvalue weighted by Gasteiger charge is 2.47. The number of sulfonamides is 1. The van der Waals surface area contributed by atoms with E-state index in [1.54, 1.807) is 6.07 Å². The van der Waals surface area contributed by atoms with Gasteiger partial charge >= 0.3 is 0 Å². The number of nitrogens with one attached hydrogen (secondary N) is 1. The predicted octanol–water partition coefficient (Wildman–Crippen LogP) is 0.598. The zero-order valence-corrected chi connectivity index (χ0v) is 12.8. The lowest BCUT2D eigenvalue weighted by Crippen LogP contribution is -2.65. The van der Waals surface area contributed by atoms with Crippen LogP contribution in [0, 0.1) is 0 Å². The summed E-state index contributed by atoms with van der Waals surface area (Å²) in [4.78, 5) is 6.95. The van der Waals surface area contributed by atoms with Crippen LogP contribution in [-0.2, 0) is 14.8 Å². The van der Waals surface area contributed by atoms with Crippen molar-refractivity contribution >= 4 is 32.7 Å². The van der Waals surface area contributed by atoms with Crippen LogP contribution in [0.1, 0.15) is 0 Å². The first-order valence-electron chi connectivity index (χ1n) is 6.21. The van der Waals surface area contributed by atoms with Crippen molar-refractivity contribution in [2.24, 2.45) is 0 Å². The molecule has 0 radical (unpaired) electrons. The molecule has 0 aliphatic carbocycles. The zero-order valence-electron chi connectivity index (χ0n) is 11.2. The molecule has 114 valence electrons. The second kappa shape index (κ2) is 4.92. The normalized spacial score (nSPS) is 18.8. The quantitative estimate of drug-likeness (QED) is 0.800. The molecule has 7 nitrogen and oxygen atoms in total. The molecule has 0 atom stereocenters. The van der Waals surface area contributed by atoms with Gasteiger partial charge in [-0.15, -0.1) is 0 Å². The molecule has 2 N–H and O–H groups in total. The van der Waals surface area contributed by atoms with Crippen molar-refractivity contribution in [3.05, 3.63) is 23.5 Å². The summed E-state index contributed by atoms with van der Waals surface area (Å²) < 4.78 is 31.2. The monoisotopic (exact) mass is 331 g/mol. The Balaban J connectivity index is 1.92. The first-order valence-corrected chi connectivity index (χ1v) is 8.03. The van der Waals surface area contributed by atoms with E-state index >= 15 is 0 Å². The Hall–Kier alpha value is -1.19. The molecule has 1 saturated heterocycles. The summed E-state index contributed by atoms with van der Waals surface area (Å²) in [5.41, 5.74) is -0.705. The third-order valence-electron chi connectivity index (χ3n) is 3.44. The van der Waals surface area contributed by atoms with Crippen LogP contribution in [0.5, 0.6) is 0 Å². The minimum absolute atomic E-state index is 0.0108. The average Bonchev–Trinajstić information content (AvgIpc) is 2.79. The second-order valence-corrected chi connectivity index (χ2v) is 7.41. The Labute approximate surface area is 126 Å². The van der Waals surface area contributed by atoms with Crippen molar-refractivity contribution in [2.45, 2.75) is 10.5 Å². The van der Waals surface area contributed by atoms with Crippen LogP contribution in [0.2, 0.25) is 5.15 Å². The third kappa shape index (κ3) is 2.43. The third-order valence-corrected chi connectivity index (χ3v) is 5.48. The Morgan fingerprint density at radius 2 is 2.24 bits per heavy atom. The van der Waals surface area contributed by atoms with Gasteiger partial charge in [0.1, 0.15) is 21.3 Å². The van der Waals surface area contributed by atoms with Gasteiger partial charge in [-0.1, -0.05) is 11.6 Å². The maximum Gasteiger partial charge on any atom is 0.245 e. The second-order valence-electron chi connectivity index (χ2n) is 5.11. The van der Waals surface area contributed by atoms with Crippen LogP contribution < -0.4 is 0 Å². The summed E-state index contributed by atoms with van der Waals surface area (Å²) in [5, 5.41) is 10.8. The number of aliphatic hydroxyl groups is 1. The minimum Gasteiger partial charge on any atom is -0.385 e. The van der Waals surface area contributed by atoms with E-state index < -0.39 is 15.6 Å². The van der Waals surface area contributed by atoms with Gasteiger partial charge in [-0.2, -0.15) is 4.31 Å². The molecule has 1 fully saturated rings. The molecule has 3 rings (SSSR count). The van der Waals surface area contributed by atoms with Gasteiger partial charge in [-0.3, -0.25) is 0 Å². The van der Waals surface area contributed by atoms with Crippen molar-refractivity contribution in [3.63, 3.8) is 0 Å². The molecular formula is C12H14ClN3O4S. The van der Waals surface area contributed by atoms with Crippen LogP contribution in [0.4, 0.5) is 0 Å². The van der Waals surface area contributed by atoms with Gasteiger partial charge in [0.05, 0.1) is 6.61 Å². The van der Waals surface area contributed by atoms with Crippen molar-refractivity contribution in [2.75, 3.05) is 26.8 Å². The summed E-state index contributed by atoms with van der Waals surface area (Å²) >= 11 is 5.78. The number of methoxy groups -OCH3 is 1. The fourth-order valence-electron chi connectivity index (χ4n) is 2.45. The predicted molar refractivity (Wildman–Crippen MR) is 76.7 cm³/mol. The molecule has 0 saturated carbocycles. The molecule has 0 aromatic carbocycles. The van der Waals surface area contributed by atoms with E-state index in [2.05, 4.69) is 9.97 Å². The van der Waals surface area contributed by atoms with Gasteiger partial charge in [-0.25, -0.2) is 13.4 Å². The van der Waals surface area contributed by atoms with E-state index in [0.717, 1.165) is 0 Å². The smallest absolute Gasteiger partial charge is 0.245 e. The maximum absolute atomic E-state index is 12.6. The molecular weight excluding hydrogens is 318 g/mol. The van der Waals surface area contributed by atoms with Crippen molar-refractivity contribution in [3.8, 4) is 0 Å². The Kier molecular flexibility index (Phi) is 3.45. The molecule has 1 aliphatic rings. The molecule has 0 unspecified atom stereocenters. The fourth-order valence-corrected chi connectivity index (χ4v) is 4.35. The number of hydrogen-bond acceptors (Lipinski definition) is 5. The van der Waals surface area contributed by atoms with E-state index in [-0.39, 0.29) is 29.7 Å². The maximum atomic E-state index is 12.6. The zero-order chi connectivity index (χ0) is 15.3. The summed E-state index contributed by atoms with van der Waals surface area (Å²) in [6.45, 7) is 0.123. The van der Waals surface area contributed by atoms with E-state index in [0.29, 0.717) is 11.0 Å². The summed E-state index contributed by atoms with van der Waals surface area (Å²) in [6, 6.07) is 3.14. The van der Waals surface area contributed by atoms with Crippen LogP contribution in [0.3, 0.4) is 0 Å². The van der Waals surface area contributed by atoms with Crippen molar-refractivity contribution in [1.82, 2.24) is 14.3 Å². The largest absolute Gasteiger partial charge is 0.385 e. The Bertz CT molecular complexity index is 783. The number of halogens is 1. The number of pyridine rings is 1. The number of ether oxygens (including phenoxy) is 1. The number of nitrogens with zero attached hydrogens (tertiary/aromatic N) is 2. The Morgan fingerprint density at radius 1 is 1.52 bits per heavy atom. The fraction of sp³-hybridized carbons (Fsp3) is 0.417. The topological polar surface area (TPSA) is 95.5 Å². The number of rotatable bonds is 4. The van der Waals surface area contributed by atoms with E-state index in [1.165, 1.54) is 23.7 Å². The SMILES string of the molecule is COCC1(O)CN(S(=O)(=O)c2c[nH]c3nc(Cl)ccc23)C1. The van der Waals surface area contributed by atoms with Gasteiger partial charge < -0.3 is 14.8 Å². The summed E-state index contributed by atoms with van der Waals surface area (Å²) in [5.74, 6) is 0. The lowest BCUT2D eigenvalue weighted by molar-refractivity contribution is -0.103. The van der Waals surface area contributed by atoms with E-state index in [9.17, 15) is 13.5 Å². The lowest BCUT2D eigenvalue weighted by atomic mass is 9.99. The first kappa shape index (κ1) is 14.7. The van der Waals surface area contributed by atoms with Gasteiger partial charge in [0, 0.05) is 31.8 Å². The molecule has 2 aromatic rings. The highest BCUT2D eigenvalue weighted by atomic mass is 35.5. The van der Waals surface area contributed by atoms with Crippen molar-refractivity contribution in [1.29, 1.82) is 0 Å². The van der Waals surface area contributed by atoms with Crippen molar-refractivity contribution < 1.29 is 18.3 Å². The molecule has 21 heavy (non-hydrogen) atoms.